The van der Waals surface area contributed by atoms with Crippen molar-refractivity contribution in [3.8, 4) is 11.5 Å². The number of hydrogen-bond acceptors (Lipinski definition) is 3. The van der Waals surface area contributed by atoms with Crippen molar-refractivity contribution < 1.29 is 22.6 Å². The minimum atomic E-state index is -4.72. The Kier molecular flexibility index (Phi) is 6.56. The standard InChI is InChI=1S/C15H13ClF3NO2.ClH/c1-21-13-7-4-10(16)8-12(13)14(20)9-2-5-11(6-3-9)22-15(17,18)19;/h2-8,14H,20H2,1H3;1H/t14-;/m0./s1. The molecule has 0 aromatic heterocycles. The highest BCUT2D eigenvalue weighted by atomic mass is 35.5. The van der Waals surface area contributed by atoms with Gasteiger partial charge in [0.2, 0.25) is 0 Å². The van der Waals surface area contributed by atoms with Crippen LogP contribution < -0.4 is 15.2 Å². The molecule has 2 aromatic carbocycles. The van der Waals surface area contributed by atoms with E-state index in [-0.39, 0.29) is 18.2 Å². The topological polar surface area (TPSA) is 44.5 Å². The highest BCUT2D eigenvalue weighted by molar-refractivity contribution is 6.30. The van der Waals surface area contributed by atoms with Crippen LogP contribution in [0.15, 0.2) is 42.5 Å². The van der Waals surface area contributed by atoms with E-state index in [9.17, 15) is 13.2 Å². The van der Waals surface area contributed by atoms with Gasteiger partial charge in [-0.1, -0.05) is 23.7 Å². The normalized spacial score (nSPS) is 12.3. The first-order valence-corrected chi connectivity index (χ1v) is 6.62. The van der Waals surface area contributed by atoms with Gasteiger partial charge in [0.05, 0.1) is 13.2 Å². The number of methoxy groups -OCH3 is 1. The molecule has 2 N–H and O–H groups in total. The average Bonchev–Trinajstić information content (AvgIpc) is 2.45. The predicted molar refractivity (Wildman–Crippen MR) is 84.4 cm³/mol. The second kappa shape index (κ2) is 7.77. The van der Waals surface area contributed by atoms with E-state index in [1.54, 1.807) is 18.2 Å². The first-order valence-electron chi connectivity index (χ1n) is 6.25. The molecule has 0 amide bonds. The number of benzene rings is 2. The second-order valence-electron chi connectivity index (χ2n) is 4.48. The van der Waals surface area contributed by atoms with Crippen LogP contribution in [-0.4, -0.2) is 13.5 Å². The zero-order valence-electron chi connectivity index (χ0n) is 11.9. The van der Waals surface area contributed by atoms with Gasteiger partial charge in [0.25, 0.3) is 0 Å². The predicted octanol–water partition coefficient (Wildman–Crippen LogP) is 4.72. The van der Waals surface area contributed by atoms with Crippen molar-refractivity contribution in [2.24, 2.45) is 5.73 Å². The SMILES string of the molecule is COc1ccc(Cl)cc1[C@@H](N)c1ccc(OC(F)(F)F)cc1.Cl. The van der Waals surface area contributed by atoms with E-state index < -0.39 is 12.4 Å². The van der Waals surface area contributed by atoms with Crippen molar-refractivity contribution in [1.82, 2.24) is 0 Å². The molecule has 8 heteroatoms. The monoisotopic (exact) mass is 367 g/mol. The Balaban J connectivity index is 0.00000264. The molecule has 2 rings (SSSR count). The molecule has 0 aliphatic heterocycles. The summed E-state index contributed by atoms with van der Waals surface area (Å²) < 4.78 is 45.4. The molecule has 0 radical (unpaired) electrons. The lowest BCUT2D eigenvalue weighted by atomic mass is 9.98. The highest BCUT2D eigenvalue weighted by Gasteiger charge is 2.31. The number of alkyl halides is 3. The van der Waals surface area contributed by atoms with E-state index in [1.807, 2.05) is 0 Å². The fraction of sp³-hybridized carbons (Fsp3) is 0.200. The quantitative estimate of drug-likeness (QED) is 0.850. The molecule has 1 atom stereocenters. The van der Waals surface area contributed by atoms with Gasteiger partial charge in [-0.25, -0.2) is 0 Å². The van der Waals surface area contributed by atoms with Gasteiger partial charge in [0.1, 0.15) is 11.5 Å². The largest absolute Gasteiger partial charge is 0.573 e. The second-order valence-corrected chi connectivity index (χ2v) is 4.92. The summed E-state index contributed by atoms with van der Waals surface area (Å²) in [6.45, 7) is 0. The van der Waals surface area contributed by atoms with E-state index in [0.29, 0.717) is 21.9 Å². The Bertz CT molecular complexity index is 648. The fourth-order valence-corrected chi connectivity index (χ4v) is 2.19. The van der Waals surface area contributed by atoms with Gasteiger partial charge in [-0.3, -0.25) is 0 Å². The molecular formula is C15H14Cl2F3NO2. The smallest absolute Gasteiger partial charge is 0.496 e. The molecule has 126 valence electrons. The molecule has 0 fully saturated rings. The molecule has 0 saturated heterocycles. The molecule has 3 nitrogen and oxygen atoms in total. The summed E-state index contributed by atoms with van der Waals surface area (Å²) in [5.41, 5.74) is 7.38. The Morgan fingerprint density at radius 2 is 1.70 bits per heavy atom. The summed E-state index contributed by atoms with van der Waals surface area (Å²) >= 11 is 5.95. The van der Waals surface area contributed by atoms with Crippen molar-refractivity contribution in [3.05, 3.63) is 58.6 Å². The third kappa shape index (κ3) is 5.20. The van der Waals surface area contributed by atoms with Crippen LogP contribution in [0.1, 0.15) is 17.2 Å². The minimum Gasteiger partial charge on any atom is -0.496 e. The Labute approximate surface area is 142 Å². The molecule has 0 spiro atoms. The van der Waals surface area contributed by atoms with Gasteiger partial charge in [-0.2, -0.15) is 0 Å². The van der Waals surface area contributed by atoms with Crippen LogP contribution in [-0.2, 0) is 0 Å². The minimum absolute atomic E-state index is 0. The van der Waals surface area contributed by atoms with Crippen LogP contribution in [0.25, 0.3) is 0 Å². The third-order valence-electron chi connectivity index (χ3n) is 3.00. The van der Waals surface area contributed by atoms with Gasteiger partial charge >= 0.3 is 6.36 Å². The van der Waals surface area contributed by atoms with Gasteiger partial charge < -0.3 is 15.2 Å². The Morgan fingerprint density at radius 1 is 1.09 bits per heavy atom. The van der Waals surface area contributed by atoms with Crippen molar-refractivity contribution in [1.29, 1.82) is 0 Å². The molecule has 2 aromatic rings. The molecule has 0 aliphatic rings. The molecule has 0 heterocycles. The summed E-state index contributed by atoms with van der Waals surface area (Å²) in [5, 5.41) is 0.489. The molecule has 0 saturated carbocycles. The van der Waals surface area contributed by atoms with Crippen LogP contribution in [0.4, 0.5) is 13.2 Å². The maximum absolute atomic E-state index is 12.1. The van der Waals surface area contributed by atoms with Crippen molar-refractivity contribution in [2.45, 2.75) is 12.4 Å². The van der Waals surface area contributed by atoms with Crippen LogP contribution in [0.5, 0.6) is 11.5 Å². The summed E-state index contributed by atoms with van der Waals surface area (Å²) in [5.74, 6) is 0.244. The highest BCUT2D eigenvalue weighted by Crippen LogP contribution is 2.32. The maximum Gasteiger partial charge on any atom is 0.573 e. The molecule has 0 aliphatic carbocycles. The van der Waals surface area contributed by atoms with E-state index in [4.69, 9.17) is 22.1 Å². The van der Waals surface area contributed by atoms with Gasteiger partial charge in [0, 0.05) is 10.6 Å². The van der Waals surface area contributed by atoms with Crippen molar-refractivity contribution >= 4 is 24.0 Å². The number of ether oxygens (including phenoxy) is 2. The molecule has 0 bridgehead atoms. The van der Waals surface area contributed by atoms with E-state index in [2.05, 4.69) is 4.74 Å². The number of nitrogens with two attached hydrogens (primary N) is 1. The number of rotatable bonds is 4. The number of halogens is 5. The van der Waals surface area contributed by atoms with Crippen LogP contribution in [0.3, 0.4) is 0 Å². The van der Waals surface area contributed by atoms with Gasteiger partial charge in [-0.15, -0.1) is 25.6 Å². The summed E-state index contributed by atoms with van der Waals surface area (Å²) in [4.78, 5) is 0. The van der Waals surface area contributed by atoms with E-state index in [1.165, 1.54) is 31.4 Å². The molecular weight excluding hydrogens is 354 g/mol. The Morgan fingerprint density at radius 3 is 2.22 bits per heavy atom. The Hall–Kier alpha value is -1.63. The average molecular weight is 368 g/mol. The van der Waals surface area contributed by atoms with Crippen LogP contribution in [0, 0.1) is 0 Å². The van der Waals surface area contributed by atoms with E-state index >= 15 is 0 Å². The van der Waals surface area contributed by atoms with E-state index in [0.717, 1.165) is 0 Å². The summed E-state index contributed by atoms with van der Waals surface area (Å²) in [6, 6.07) is 9.76. The zero-order chi connectivity index (χ0) is 16.3. The van der Waals surface area contributed by atoms with Crippen LogP contribution >= 0.6 is 24.0 Å². The number of hydrogen-bond donors (Lipinski definition) is 1. The lowest BCUT2D eigenvalue weighted by Gasteiger charge is -2.17. The maximum atomic E-state index is 12.1. The fourth-order valence-electron chi connectivity index (χ4n) is 2.00. The van der Waals surface area contributed by atoms with Crippen LogP contribution in [0.2, 0.25) is 5.02 Å². The summed E-state index contributed by atoms with van der Waals surface area (Å²) in [7, 11) is 1.50. The summed E-state index contributed by atoms with van der Waals surface area (Å²) in [6.07, 6.45) is -4.72. The first-order chi connectivity index (χ1) is 10.3. The van der Waals surface area contributed by atoms with Crippen molar-refractivity contribution in [3.63, 3.8) is 0 Å². The molecule has 0 unspecified atom stereocenters. The zero-order valence-corrected chi connectivity index (χ0v) is 13.5. The first kappa shape index (κ1) is 19.4. The van der Waals surface area contributed by atoms with Gasteiger partial charge in [-0.05, 0) is 35.9 Å². The van der Waals surface area contributed by atoms with Crippen molar-refractivity contribution in [2.75, 3.05) is 7.11 Å². The lowest BCUT2D eigenvalue weighted by Crippen LogP contribution is -2.17. The molecule has 23 heavy (non-hydrogen) atoms. The van der Waals surface area contributed by atoms with Gasteiger partial charge in [0.15, 0.2) is 0 Å². The lowest BCUT2D eigenvalue weighted by molar-refractivity contribution is -0.274. The third-order valence-corrected chi connectivity index (χ3v) is 3.23.